The van der Waals surface area contributed by atoms with E-state index in [4.69, 9.17) is 9.63 Å². The number of carbonyl (C=O) groups is 2. The zero-order valence-electron chi connectivity index (χ0n) is 11.3. The van der Waals surface area contributed by atoms with Crippen LogP contribution in [0.4, 0.5) is 4.79 Å². The summed E-state index contributed by atoms with van der Waals surface area (Å²) >= 11 is 0. The van der Waals surface area contributed by atoms with Gasteiger partial charge in [0.15, 0.2) is 0 Å². The molecule has 0 aliphatic heterocycles. The molecule has 2 amide bonds. The van der Waals surface area contributed by atoms with E-state index in [-0.39, 0.29) is 6.54 Å². The third-order valence-corrected chi connectivity index (χ3v) is 2.79. The molecule has 1 heterocycles. The van der Waals surface area contributed by atoms with Gasteiger partial charge >= 0.3 is 12.0 Å². The van der Waals surface area contributed by atoms with Crippen LogP contribution in [0.2, 0.25) is 0 Å². The molecule has 1 unspecified atom stereocenters. The molecule has 0 saturated heterocycles. The van der Waals surface area contributed by atoms with E-state index in [1.165, 1.54) is 0 Å². The van der Waals surface area contributed by atoms with E-state index in [2.05, 4.69) is 15.8 Å². The molecule has 1 atom stereocenters. The second kappa shape index (κ2) is 6.77. The van der Waals surface area contributed by atoms with E-state index in [0.29, 0.717) is 24.3 Å². The maximum absolute atomic E-state index is 11.6. The first-order valence-corrected chi connectivity index (χ1v) is 6.14. The van der Waals surface area contributed by atoms with Crippen molar-refractivity contribution in [2.75, 3.05) is 0 Å². The number of carbonyl (C=O) groups excluding carboxylic acids is 1. The Labute approximate surface area is 111 Å². The quantitative estimate of drug-likeness (QED) is 0.723. The molecule has 0 aliphatic rings. The monoisotopic (exact) mass is 269 g/mol. The second-order valence-electron chi connectivity index (χ2n) is 4.31. The Morgan fingerprint density at radius 2 is 2.11 bits per heavy atom. The number of hydrogen-bond acceptors (Lipinski definition) is 4. The van der Waals surface area contributed by atoms with Crippen molar-refractivity contribution in [1.82, 2.24) is 15.8 Å². The van der Waals surface area contributed by atoms with Crippen LogP contribution >= 0.6 is 0 Å². The molecule has 0 fully saturated rings. The lowest BCUT2D eigenvalue weighted by molar-refractivity contribution is -0.139. The normalized spacial score (nSPS) is 11.9. The largest absolute Gasteiger partial charge is 0.480 e. The van der Waals surface area contributed by atoms with Gasteiger partial charge in [0.25, 0.3) is 0 Å². The molecule has 7 heteroatoms. The molecular formula is C12H19N3O4. The molecule has 1 aromatic rings. The molecule has 1 rings (SSSR count). The Balaban J connectivity index is 2.49. The number of nitrogens with zero attached hydrogens (tertiary/aromatic N) is 1. The highest BCUT2D eigenvalue weighted by Crippen LogP contribution is 2.11. The standard InChI is InChI=1S/C12H19N3O4/c1-4-5-10(11(16)17)14-12(18)13-6-9-7(2)15-19-8(9)3/h10H,4-6H2,1-3H3,(H,16,17)(H2,13,14,18). The van der Waals surface area contributed by atoms with Crippen molar-refractivity contribution in [3.05, 3.63) is 17.0 Å². The summed E-state index contributed by atoms with van der Waals surface area (Å²) in [5.74, 6) is -0.393. The van der Waals surface area contributed by atoms with E-state index < -0.39 is 18.0 Å². The number of aliphatic carboxylic acids is 1. The molecule has 19 heavy (non-hydrogen) atoms. The van der Waals surface area contributed by atoms with Crippen LogP contribution in [0, 0.1) is 13.8 Å². The third kappa shape index (κ3) is 4.27. The molecule has 0 spiro atoms. The number of rotatable bonds is 6. The van der Waals surface area contributed by atoms with Crippen LogP contribution < -0.4 is 10.6 Å². The Hall–Kier alpha value is -2.05. The van der Waals surface area contributed by atoms with Crippen molar-refractivity contribution in [2.24, 2.45) is 0 Å². The van der Waals surface area contributed by atoms with E-state index in [9.17, 15) is 9.59 Å². The second-order valence-corrected chi connectivity index (χ2v) is 4.31. The number of urea groups is 1. The molecular weight excluding hydrogens is 250 g/mol. The van der Waals surface area contributed by atoms with Gasteiger partial charge in [-0.3, -0.25) is 0 Å². The molecule has 1 aromatic heterocycles. The summed E-state index contributed by atoms with van der Waals surface area (Å²) in [7, 11) is 0. The van der Waals surface area contributed by atoms with Gasteiger partial charge in [0.2, 0.25) is 0 Å². The summed E-state index contributed by atoms with van der Waals surface area (Å²) in [4.78, 5) is 22.5. The summed E-state index contributed by atoms with van der Waals surface area (Å²) < 4.78 is 4.97. The number of carboxylic acid groups (broad SMARTS) is 1. The zero-order valence-corrected chi connectivity index (χ0v) is 11.3. The maximum atomic E-state index is 11.6. The van der Waals surface area contributed by atoms with Crippen LogP contribution in [0.5, 0.6) is 0 Å². The van der Waals surface area contributed by atoms with Crippen molar-refractivity contribution in [3.8, 4) is 0 Å². The Bertz CT molecular complexity index is 436. The lowest BCUT2D eigenvalue weighted by Gasteiger charge is -2.14. The smallest absolute Gasteiger partial charge is 0.326 e. The number of nitrogens with one attached hydrogen (secondary N) is 2. The van der Waals surface area contributed by atoms with E-state index in [1.54, 1.807) is 13.8 Å². The lowest BCUT2D eigenvalue weighted by atomic mass is 10.2. The molecule has 0 bridgehead atoms. The number of carboxylic acids is 1. The van der Waals surface area contributed by atoms with Crippen molar-refractivity contribution >= 4 is 12.0 Å². The molecule has 0 aliphatic carbocycles. The van der Waals surface area contributed by atoms with Gasteiger partial charge in [0.1, 0.15) is 11.8 Å². The number of amides is 2. The van der Waals surface area contributed by atoms with Gasteiger partial charge in [-0.05, 0) is 20.3 Å². The Morgan fingerprint density at radius 1 is 1.42 bits per heavy atom. The average Bonchev–Trinajstić information content (AvgIpc) is 2.66. The first kappa shape index (κ1) is 15.0. The van der Waals surface area contributed by atoms with Crippen molar-refractivity contribution in [1.29, 1.82) is 0 Å². The fourth-order valence-electron chi connectivity index (χ4n) is 1.68. The highest BCUT2D eigenvalue weighted by atomic mass is 16.5. The minimum Gasteiger partial charge on any atom is -0.480 e. The summed E-state index contributed by atoms with van der Waals surface area (Å²) in [6, 6.07) is -1.38. The van der Waals surface area contributed by atoms with Gasteiger partial charge in [-0.25, -0.2) is 9.59 Å². The maximum Gasteiger partial charge on any atom is 0.326 e. The van der Waals surface area contributed by atoms with Gasteiger partial charge in [0, 0.05) is 12.1 Å². The molecule has 0 saturated carbocycles. The van der Waals surface area contributed by atoms with Crippen LogP contribution in [-0.4, -0.2) is 28.3 Å². The molecule has 3 N–H and O–H groups in total. The summed E-state index contributed by atoms with van der Waals surface area (Å²) in [6.07, 6.45) is 1.08. The predicted octanol–water partition coefficient (Wildman–Crippen LogP) is 1.34. The highest BCUT2D eigenvalue weighted by molar-refractivity contribution is 5.82. The molecule has 106 valence electrons. The fourth-order valence-corrected chi connectivity index (χ4v) is 1.68. The minimum atomic E-state index is -1.03. The Kier molecular flexibility index (Phi) is 5.35. The van der Waals surface area contributed by atoms with Gasteiger partial charge in [-0.1, -0.05) is 18.5 Å². The average molecular weight is 269 g/mol. The summed E-state index contributed by atoms with van der Waals surface area (Å²) in [5, 5.41) is 17.7. The summed E-state index contributed by atoms with van der Waals surface area (Å²) in [5.41, 5.74) is 1.51. The van der Waals surface area contributed by atoms with Crippen molar-refractivity contribution < 1.29 is 19.2 Å². The SMILES string of the molecule is CCCC(NC(=O)NCc1c(C)noc1C)C(=O)O. The summed E-state index contributed by atoms with van der Waals surface area (Å²) in [6.45, 7) is 5.65. The number of aromatic nitrogens is 1. The van der Waals surface area contributed by atoms with Crippen LogP contribution in [0.3, 0.4) is 0 Å². The zero-order chi connectivity index (χ0) is 14.4. The fraction of sp³-hybridized carbons (Fsp3) is 0.583. The number of hydrogen-bond donors (Lipinski definition) is 3. The van der Waals surface area contributed by atoms with Gasteiger partial charge in [0.05, 0.1) is 5.69 Å². The minimum absolute atomic E-state index is 0.255. The molecule has 0 radical (unpaired) electrons. The highest BCUT2D eigenvalue weighted by Gasteiger charge is 2.19. The van der Waals surface area contributed by atoms with Crippen LogP contribution in [0.25, 0.3) is 0 Å². The number of aryl methyl sites for hydroxylation is 2. The Morgan fingerprint density at radius 3 is 2.58 bits per heavy atom. The lowest BCUT2D eigenvalue weighted by Crippen LogP contribution is -2.45. The predicted molar refractivity (Wildman–Crippen MR) is 67.7 cm³/mol. The van der Waals surface area contributed by atoms with Crippen LogP contribution in [0.1, 0.15) is 36.8 Å². The topological polar surface area (TPSA) is 104 Å². The van der Waals surface area contributed by atoms with Gasteiger partial charge in [-0.2, -0.15) is 0 Å². The van der Waals surface area contributed by atoms with Crippen molar-refractivity contribution in [3.63, 3.8) is 0 Å². The van der Waals surface area contributed by atoms with Crippen LogP contribution in [-0.2, 0) is 11.3 Å². The molecule has 7 nitrogen and oxygen atoms in total. The third-order valence-electron chi connectivity index (χ3n) is 2.79. The van der Waals surface area contributed by atoms with Gasteiger partial charge < -0.3 is 20.3 Å². The van der Waals surface area contributed by atoms with Crippen molar-refractivity contribution in [2.45, 2.75) is 46.2 Å². The molecule has 0 aromatic carbocycles. The first-order valence-electron chi connectivity index (χ1n) is 6.14. The van der Waals surface area contributed by atoms with E-state index in [0.717, 1.165) is 5.56 Å². The van der Waals surface area contributed by atoms with Crippen LogP contribution in [0.15, 0.2) is 4.52 Å². The van der Waals surface area contributed by atoms with E-state index in [1.807, 2.05) is 6.92 Å². The van der Waals surface area contributed by atoms with E-state index >= 15 is 0 Å². The first-order chi connectivity index (χ1) is 8.95. The van der Waals surface area contributed by atoms with Gasteiger partial charge in [-0.15, -0.1) is 0 Å².